The number of primary amides is 2. The molecule has 0 aliphatic carbocycles. The van der Waals surface area contributed by atoms with Crippen LogP contribution >= 0.6 is 0 Å². The molecule has 0 radical (unpaired) electrons. The Hall–Kier alpha value is -2.24. The van der Waals surface area contributed by atoms with Gasteiger partial charge in [0.1, 0.15) is 11.5 Å². The number of nitrogens with two attached hydrogens (primary N) is 2. The Labute approximate surface area is 92.1 Å². The first-order valence-corrected chi connectivity index (χ1v) is 4.60. The fraction of sp³-hybridized carbons (Fsp3) is 0.200. The van der Waals surface area contributed by atoms with Gasteiger partial charge in [-0.2, -0.15) is 0 Å². The molecule has 0 fully saturated rings. The Morgan fingerprint density at radius 3 is 2.31 bits per heavy atom. The van der Waals surface area contributed by atoms with Gasteiger partial charge < -0.3 is 20.9 Å². The van der Waals surface area contributed by atoms with E-state index in [1.54, 1.807) is 6.07 Å². The number of hydrogen-bond acceptors (Lipinski definition) is 4. The van der Waals surface area contributed by atoms with Crippen molar-refractivity contribution in [2.75, 3.05) is 0 Å². The van der Waals surface area contributed by atoms with E-state index >= 15 is 0 Å². The quantitative estimate of drug-likeness (QED) is 0.803. The Balaban J connectivity index is 2.96. The minimum atomic E-state index is -0.898. The maximum atomic E-state index is 10.6. The van der Waals surface area contributed by atoms with Crippen LogP contribution in [0.5, 0.6) is 11.5 Å². The van der Waals surface area contributed by atoms with Gasteiger partial charge in [-0.15, -0.1) is 0 Å². The van der Waals surface area contributed by atoms with Crippen molar-refractivity contribution in [2.45, 2.75) is 13.3 Å². The molecule has 6 nitrogen and oxygen atoms in total. The highest BCUT2D eigenvalue weighted by atomic mass is 16.6. The van der Waals surface area contributed by atoms with Crippen LogP contribution in [0, 0.1) is 0 Å². The lowest BCUT2D eigenvalue weighted by molar-refractivity contribution is 0.208. The number of rotatable bonds is 3. The predicted molar refractivity (Wildman–Crippen MR) is 56.2 cm³/mol. The molecular weight excluding hydrogens is 212 g/mol. The standard InChI is InChI=1S/C10H12N2O4/c1-2-6-5-7(15-9(11)13)3-4-8(6)16-10(12)14/h3-5H,2H2,1H3,(H2,11,13)(H2,12,14). The molecule has 0 bridgehead atoms. The molecule has 0 unspecified atom stereocenters. The van der Waals surface area contributed by atoms with Gasteiger partial charge in [0, 0.05) is 0 Å². The summed E-state index contributed by atoms with van der Waals surface area (Å²) in [6, 6.07) is 4.51. The Bertz CT molecular complexity index is 417. The van der Waals surface area contributed by atoms with Crippen molar-refractivity contribution < 1.29 is 19.1 Å². The van der Waals surface area contributed by atoms with Crippen LogP contribution in [0.15, 0.2) is 18.2 Å². The molecule has 0 atom stereocenters. The summed E-state index contributed by atoms with van der Waals surface area (Å²) in [6.07, 6.45) is -1.19. The first-order valence-electron chi connectivity index (χ1n) is 4.60. The molecule has 0 aliphatic rings. The molecule has 1 aromatic carbocycles. The number of benzene rings is 1. The van der Waals surface area contributed by atoms with Crippen LogP contribution in [-0.4, -0.2) is 12.2 Å². The molecule has 4 N–H and O–H groups in total. The van der Waals surface area contributed by atoms with Crippen LogP contribution in [0.1, 0.15) is 12.5 Å². The second-order valence-corrected chi connectivity index (χ2v) is 2.97. The second kappa shape index (κ2) is 5.01. The molecule has 0 aromatic heterocycles. The molecule has 86 valence electrons. The van der Waals surface area contributed by atoms with Crippen LogP contribution in [0.2, 0.25) is 0 Å². The zero-order chi connectivity index (χ0) is 12.1. The Morgan fingerprint density at radius 1 is 1.19 bits per heavy atom. The molecule has 0 spiro atoms. The number of carbonyl (C=O) groups is 2. The zero-order valence-electron chi connectivity index (χ0n) is 8.73. The number of ether oxygens (including phenoxy) is 2. The Morgan fingerprint density at radius 2 is 1.81 bits per heavy atom. The van der Waals surface area contributed by atoms with Crippen LogP contribution < -0.4 is 20.9 Å². The average Bonchev–Trinajstić information content (AvgIpc) is 2.18. The van der Waals surface area contributed by atoms with Crippen molar-refractivity contribution in [1.82, 2.24) is 0 Å². The van der Waals surface area contributed by atoms with E-state index in [1.807, 2.05) is 6.92 Å². The maximum absolute atomic E-state index is 10.6. The number of carbonyl (C=O) groups excluding carboxylic acids is 2. The minimum Gasteiger partial charge on any atom is -0.410 e. The number of aryl methyl sites for hydroxylation is 1. The molecule has 0 saturated heterocycles. The minimum absolute atomic E-state index is 0.293. The van der Waals surface area contributed by atoms with Crippen molar-refractivity contribution >= 4 is 12.2 Å². The first kappa shape index (κ1) is 11.8. The van der Waals surface area contributed by atoms with Gasteiger partial charge in [0.05, 0.1) is 0 Å². The van der Waals surface area contributed by atoms with E-state index in [4.69, 9.17) is 16.2 Å². The summed E-state index contributed by atoms with van der Waals surface area (Å²) in [5.74, 6) is 0.632. The number of amides is 2. The topological polar surface area (TPSA) is 105 Å². The lowest BCUT2D eigenvalue weighted by Crippen LogP contribution is -2.18. The second-order valence-electron chi connectivity index (χ2n) is 2.97. The third-order valence-corrected chi connectivity index (χ3v) is 1.84. The molecule has 0 saturated carbocycles. The van der Waals surface area contributed by atoms with E-state index in [0.29, 0.717) is 23.5 Å². The highest BCUT2D eigenvalue weighted by molar-refractivity contribution is 5.70. The van der Waals surface area contributed by atoms with Crippen molar-refractivity contribution in [3.8, 4) is 11.5 Å². The van der Waals surface area contributed by atoms with Crippen molar-refractivity contribution in [3.05, 3.63) is 23.8 Å². The van der Waals surface area contributed by atoms with Gasteiger partial charge in [-0.25, -0.2) is 9.59 Å². The van der Waals surface area contributed by atoms with Gasteiger partial charge >= 0.3 is 12.2 Å². The predicted octanol–water partition coefficient (Wildman–Crippen LogP) is 1.16. The highest BCUT2D eigenvalue weighted by Crippen LogP contribution is 2.24. The summed E-state index contributed by atoms with van der Waals surface area (Å²) in [5.41, 5.74) is 10.5. The summed E-state index contributed by atoms with van der Waals surface area (Å²) in [7, 11) is 0. The monoisotopic (exact) mass is 224 g/mol. The normalized spacial score (nSPS) is 9.56. The lowest BCUT2D eigenvalue weighted by atomic mass is 10.1. The van der Waals surface area contributed by atoms with E-state index in [2.05, 4.69) is 4.74 Å². The smallest absolute Gasteiger partial charge is 0.409 e. The summed E-state index contributed by atoms with van der Waals surface area (Å²) in [5, 5.41) is 0. The van der Waals surface area contributed by atoms with E-state index in [-0.39, 0.29) is 0 Å². The van der Waals surface area contributed by atoms with Crippen molar-refractivity contribution in [2.24, 2.45) is 11.5 Å². The number of hydrogen-bond donors (Lipinski definition) is 2. The molecule has 2 amide bonds. The maximum Gasteiger partial charge on any atom is 0.409 e. The highest BCUT2D eigenvalue weighted by Gasteiger charge is 2.08. The van der Waals surface area contributed by atoms with Gasteiger partial charge in [0.25, 0.3) is 0 Å². The largest absolute Gasteiger partial charge is 0.410 e. The third kappa shape index (κ3) is 3.16. The Kier molecular flexibility index (Phi) is 3.71. The van der Waals surface area contributed by atoms with Gasteiger partial charge in [-0.3, -0.25) is 0 Å². The molecule has 0 aliphatic heterocycles. The van der Waals surface area contributed by atoms with Crippen LogP contribution in [0.3, 0.4) is 0 Å². The summed E-state index contributed by atoms with van der Waals surface area (Å²) in [4.78, 5) is 21.1. The zero-order valence-corrected chi connectivity index (χ0v) is 8.73. The fourth-order valence-electron chi connectivity index (χ4n) is 1.22. The molecule has 1 aromatic rings. The molecule has 0 heterocycles. The first-order chi connectivity index (χ1) is 7.52. The SMILES string of the molecule is CCc1cc(OC(N)=O)ccc1OC(N)=O. The van der Waals surface area contributed by atoms with Gasteiger partial charge in [-0.1, -0.05) is 6.92 Å². The van der Waals surface area contributed by atoms with Gasteiger partial charge in [-0.05, 0) is 30.2 Å². The molecule has 16 heavy (non-hydrogen) atoms. The van der Waals surface area contributed by atoms with E-state index < -0.39 is 12.2 Å². The molecule has 1 rings (SSSR count). The lowest BCUT2D eigenvalue weighted by Gasteiger charge is -2.08. The van der Waals surface area contributed by atoms with E-state index in [0.717, 1.165) is 0 Å². The van der Waals surface area contributed by atoms with E-state index in [1.165, 1.54) is 12.1 Å². The van der Waals surface area contributed by atoms with Crippen LogP contribution in [-0.2, 0) is 6.42 Å². The van der Waals surface area contributed by atoms with Crippen LogP contribution in [0.4, 0.5) is 9.59 Å². The fourth-order valence-corrected chi connectivity index (χ4v) is 1.22. The van der Waals surface area contributed by atoms with Gasteiger partial charge in [0.2, 0.25) is 0 Å². The van der Waals surface area contributed by atoms with Gasteiger partial charge in [0.15, 0.2) is 0 Å². The summed E-state index contributed by atoms with van der Waals surface area (Å²) < 4.78 is 9.45. The van der Waals surface area contributed by atoms with Crippen molar-refractivity contribution in [3.63, 3.8) is 0 Å². The van der Waals surface area contributed by atoms with Crippen molar-refractivity contribution in [1.29, 1.82) is 0 Å². The summed E-state index contributed by atoms with van der Waals surface area (Å²) in [6.45, 7) is 1.86. The summed E-state index contributed by atoms with van der Waals surface area (Å²) >= 11 is 0. The van der Waals surface area contributed by atoms with E-state index in [9.17, 15) is 9.59 Å². The molecule has 6 heteroatoms. The average molecular weight is 224 g/mol. The molecular formula is C10H12N2O4. The third-order valence-electron chi connectivity index (χ3n) is 1.84. The van der Waals surface area contributed by atoms with Crippen LogP contribution in [0.25, 0.3) is 0 Å².